The van der Waals surface area contributed by atoms with E-state index < -0.39 is 47.3 Å². The van der Waals surface area contributed by atoms with Crippen molar-refractivity contribution in [2.24, 2.45) is 0 Å². The fourth-order valence-corrected chi connectivity index (χ4v) is 24.1. The lowest BCUT2D eigenvalue weighted by Crippen LogP contribution is -2.42. The first-order chi connectivity index (χ1) is 67.8. The van der Waals surface area contributed by atoms with Crippen molar-refractivity contribution >= 4 is 203 Å². The van der Waals surface area contributed by atoms with Crippen molar-refractivity contribution in [2.75, 3.05) is 95.6 Å². The summed E-state index contributed by atoms with van der Waals surface area (Å²) in [6.45, 7) is 33.2. The van der Waals surface area contributed by atoms with E-state index in [1.807, 2.05) is 176 Å². The molecule has 710 valence electrons. The molecule has 0 bridgehead atoms. The third-order valence-corrected chi connectivity index (χ3v) is 31.1. The van der Waals surface area contributed by atoms with Crippen LogP contribution in [0.1, 0.15) is 285 Å². The van der Waals surface area contributed by atoms with E-state index in [2.05, 4.69) is 147 Å². The predicted octanol–water partition coefficient (Wildman–Crippen LogP) is 27.1. The summed E-state index contributed by atoms with van der Waals surface area (Å²) in [5.74, 6) is -3.54. The van der Waals surface area contributed by atoms with Crippen LogP contribution in [-0.4, -0.2) is 134 Å². The van der Waals surface area contributed by atoms with Gasteiger partial charge in [0, 0.05) is 165 Å². The number of carbonyl (C=O) groups is 8. The van der Waals surface area contributed by atoms with E-state index in [1.54, 1.807) is 54.4 Å². The molecule has 0 saturated carbocycles. The SMILES string of the molecule is CC(C)c1cccc(C(C)C)c1N1C(=O)c2ccc3c4c(-c5nc(N(C)C)nc(N(C)C)n5)cc5c6c(ccc(c7c(-c8nc(N(C)C)nc(N(C)C)n8)cc(c2c37)C1=O)c64)C(=O)N(c1c(C(C)C)cc(-c2cc(C(C)C)c(N3C(=O)c4ccc6c7c(-c8cccs8)cc8c9c(ccc(c%10c(-c%11cccs%11)cc(c4c6%10)C3=O)c97)C(=O)N(c3c(C(C)C)cccc3C(C)C)C8=O)c(C(C)C)c2)cc1C(C)C)C5=O. The van der Waals surface area contributed by atoms with E-state index in [0.29, 0.717) is 150 Å². The number of imide groups is 4. The Morgan fingerprint density at radius 2 is 0.437 bits per heavy atom. The lowest BCUT2D eigenvalue weighted by atomic mass is 9.78. The van der Waals surface area contributed by atoms with Gasteiger partial charge in [0.15, 0.2) is 11.6 Å². The standard InChI is InChI=1S/C118H108N14O8S2/c1-53(2)63-29-25-30-64(54(3)4)101(63)129-107(133)71-39-35-67-90-80(88-34-28-44-142-88)50-84-94-72(40-36-68(98(90)94)89-79(87-33-27-43-141-87)49-83(111(129)137)93(71)97(67)89)109(135)131(112(84)138)103-75(57(9)10)45-61(46-76(103)58(11)12)62-47-77(59(13)14)104(78(48-62)60(15)16)132-110(136)74-42-38-70-91-81(105-119-115(125(17)18)123-116(120-105)126(19)20)51-85-95-73(108(134)130(113(85)139)102-65(55(5)6)31-26-32-66(102)56(7)8)41-37-69(99(91)95)92-82(52-86(114(132)140)96(74)100(70)92)106-121-117(127(21)22)124-118(122-106)128(23)24/h25-60H,1-24H3. The van der Waals surface area contributed by atoms with Gasteiger partial charge in [-0.2, -0.15) is 29.9 Å². The zero-order chi connectivity index (χ0) is 100. The normalized spacial score (nSPS) is 14.1. The number of para-hydroxylation sites is 2. The van der Waals surface area contributed by atoms with E-state index in [9.17, 15) is 0 Å². The summed E-state index contributed by atoms with van der Waals surface area (Å²) in [7, 11) is 14.8. The molecule has 24 heteroatoms. The molecule has 8 amide bonds. The fourth-order valence-electron chi connectivity index (χ4n) is 22.6. The molecule has 8 heterocycles. The third-order valence-electron chi connectivity index (χ3n) is 29.3. The highest BCUT2D eigenvalue weighted by Gasteiger charge is 2.47. The number of hydrogen-bond donors (Lipinski definition) is 0. The smallest absolute Gasteiger partial charge is 0.266 e. The van der Waals surface area contributed by atoms with Crippen molar-refractivity contribution in [3.05, 3.63) is 258 Å². The van der Waals surface area contributed by atoms with Gasteiger partial charge in [-0.3, -0.25) is 38.4 Å². The molecule has 4 aliphatic rings. The number of amides is 8. The van der Waals surface area contributed by atoms with Gasteiger partial charge in [0.2, 0.25) is 23.8 Å². The minimum Gasteiger partial charge on any atom is -0.347 e. The molecule has 4 aliphatic heterocycles. The molecule has 0 radical (unpaired) electrons. The Labute approximate surface area is 831 Å². The van der Waals surface area contributed by atoms with Crippen molar-refractivity contribution in [1.29, 1.82) is 0 Å². The van der Waals surface area contributed by atoms with Crippen molar-refractivity contribution in [1.82, 2.24) is 29.9 Å². The molecule has 0 N–H and O–H groups in total. The van der Waals surface area contributed by atoms with Gasteiger partial charge in [-0.05, 0) is 253 Å². The van der Waals surface area contributed by atoms with E-state index in [0.717, 1.165) is 97.7 Å². The lowest BCUT2D eigenvalue weighted by molar-refractivity contribution is 0.0877. The largest absolute Gasteiger partial charge is 0.347 e. The second kappa shape index (κ2) is 33.3. The molecule has 18 aromatic rings. The molecule has 22 rings (SSSR count). The highest BCUT2D eigenvalue weighted by Crippen LogP contribution is 2.59. The van der Waals surface area contributed by atoms with Crippen LogP contribution in [0.2, 0.25) is 0 Å². The Hall–Kier alpha value is -15.1. The molecular weight excluding hydrogens is 1810 g/mol. The number of carbonyl (C=O) groups excluding carboxylic acids is 8. The summed E-state index contributed by atoms with van der Waals surface area (Å²) in [6, 6.07) is 51.2. The zero-order valence-corrected chi connectivity index (χ0v) is 85.8. The van der Waals surface area contributed by atoms with Gasteiger partial charge in [0.25, 0.3) is 47.3 Å². The second-order valence-corrected chi connectivity index (χ2v) is 43.6. The van der Waals surface area contributed by atoms with E-state index in [4.69, 9.17) is 29.9 Å². The maximum Gasteiger partial charge on any atom is 0.266 e. The molecule has 14 aromatic carbocycles. The van der Waals surface area contributed by atoms with E-state index in [1.165, 1.54) is 19.6 Å². The summed E-state index contributed by atoms with van der Waals surface area (Å²) in [4.78, 5) is 177. The summed E-state index contributed by atoms with van der Waals surface area (Å²) < 4.78 is 0. The molecule has 0 fully saturated rings. The first kappa shape index (κ1) is 91.9. The molecule has 0 spiro atoms. The number of thiophene rings is 2. The third kappa shape index (κ3) is 13.3. The molecule has 0 aliphatic carbocycles. The Morgan fingerprint density at radius 1 is 0.218 bits per heavy atom. The number of benzene rings is 14. The molecule has 0 unspecified atom stereocenters. The fraction of sp³-hybridized carbons (Fsp3) is 0.271. The predicted molar refractivity (Wildman–Crippen MR) is 579 cm³/mol. The maximum absolute atomic E-state index is 17.3. The van der Waals surface area contributed by atoms with Crippen LogP contribution in [0.25, 0.3) is 141 Å². The Kier molecular flexibility index (Phi) is 21.5. The number of fused-ring (bicyclic) bond motifs is 4. The van der Waals surface area contributed by atoms with Crippen molar-refractivity contribution < 1.29 is 38.4 Å². The molecule has 0 saturated heterocycles. The number of rotatable bonds is 21. The summed E-state index contributed by atoms with van der Waals surface area (Å²) >= 11 is 3.10. The molecule has 4 aromatic heterocycles. The van der Waals surface area contributed by atoms with Gasteiger partial charge in [-0.15, -0.1) is 22.7 Å². The molecule has 0 atom stereocenters. The van der Waals surface area contributed by atoms with Crippen LogP contribution in [0.4, 0.5) is 46.5 Å². The quantitative estimate of drug-likeness (QED) is 0.0369. The summed E-state index contributed by atoms with van der Waals surface area (Å²) in [6.07, 6.45) is 0. The number of nitrogens with zero attached hydrogens (tertiary/aromatic N) is 14. The van der Waals surface area contributed by atoms with E-state index in [-0.39, 0.29) is 75.7 Å². The number of anilines is 8. The second-order valence-electron chi connectivity index (χ2n) is 41.7. The van der Waals surface area contributed by atoms with Crippen molar-refractivity contribution in [3.8, 4) is 54.8 Å². The van der Waals surface area contributed by atoms with Gasteiger partial charge in [-0.25, -0.2) is 19.6 Å². The van der Waals surface area contributed by atoms with Crippen LogP contribution >= 0.6 is 22.7 Å². The minimum atomic E-state index is -0.596. The van der Waals surface area contributed by atoms with Crippen LogP contribution in [-0.2, 0) is 0 Å². The summed E-state index contributed by atoms with van der Waals surface area (Å²) in [5, 5.41) is 13.9. The minimum absolute atomic E-state index is 0.00668. The highest BCUT2D eigenvalue weighted by atomic mass is 32.1. The number of aromatic nitrogens is 6. The average Bonchev–Trinajstić information content (AvgIpc) is 0.716. The Balaban J connectivity index is 0.721. The van der Waals surface area contributed by atoms with Gasteiger partial charge in [0.1, 0.15) is 0 Å². The van der Waals surface area contributed by atoms with Crippen LogP contribution in [0.3, 0.4) is 0 Å². The highest BCUT2D eigenvalue weighted by molar-refractivity contribution is 7.14. The summed E-state index contributed by atoms with van der Waals surface area (Å²) in [5.41, 5.74) is 15.0. The van der Waals surface area contributed by atoms with Crippen LogP contribution in [0, 0.1) is 0 Å². The van der Waals surface area contributed by atoms with Gasteiger partial charge in [0.05, 0.1) is 22.7 Å². The maximum atomic E-state index is 17.3. The van der Waals surface area contributed by atoms with Crippen LogP contribution < -0.4 is 39.2 Å². The number of hydrogen-bond acceptors (Lipinski definition) is 20. The molecular formula is C118H108N14O8S2. The monoisotopic (exact) mass is 1910 g/mol. The Morgan fingerprint density at radius 3 is 0.655 bits per heavy atom. The molecule has 142 heavy (non-hydrogen) atoms. The van der Waals surface area contributed by atoms with Crippen LogP contribution in [0.15, 0.2) is 168 Å². The van der Waals surface area contributed by atoms with E-state index >= 15 is 38.4 Å². The topological polar surface area (TPSA) is 240 Å². The van der Waals surface area contributed by atoms with Gasteiger partial charge < -0.3 is 19.6 Å². The van der Waals surface area contributed by atoms with Gasteiger partial charge >= 0.3 is 0 Å². The lowest BCUT2D eigenvalue weighted by Gasteiger charge is -2.35. The van der Waals surface area contributed by atoms with Gasteiger partial charge in [-0.1, -0.05) is 184 Å². The zero-order valence-electron chi connectivity index (χ0n) is 84.1. The Bertz CT molecular complexity index is 8500. The first-order valence-electron chi connectivity index (χ1n) is 48.8. The average molecular weight is 1910 g/mol. The van der Waals surface area contributed by atoms with Crippen molar-refractivity contribution in [2.45, 2.75) is 158 Å². The van der Waals surface area contributed by atoms with Crippen molar-refractivity contribution in [3.63, 3.8) is 0 Å². The first-order valence-corrected chi connectivity index (χ1v) is 50.6. The molecule has 22 nitrogen and oxygen atoms in total. The van der Waals surface area contributed by atoms with Crippen LogP contribution in [0.5, 0.6) is 0 Å².